The van der Waals surface area contributed by atoms with E-state index >= 15 is 0 Å². The fraction of sp³-hybridized carbons (Fsp3) is 0.217. The van der Waals surface area contributed by atoms with Crippen molar-refractivity contribution in [2.45, 2.75) is 56.0 Å². The van der Waals surface area contributed by atoms with Gasteiger partial charge >= 0.3 is 49.4 Å². The number of hydrogen-bond donors (Lipinski definition) is 0. The molecule has 0 saturated carbocycles. The largest absolute Gasteiger partial charge is 0.416 e. The van der Waals surface area contributed by atoms with Crippen molar-refractivity contribution in [2.24, 2.45) is 0 Å². The maximum atomic E-state index is 14.2. The van der Waals surface area contributed by atoms with Crippen LogP contribution in [0.5, 0.6) is 0 Å². The number of benzene rings is 5. The van der Waals surface area contributed by atoms with Crippen molar-refractivity contribution in [1.29, 1.82) is 0 Å². The van der Waals surface area contributed by atoms with Gasteiger partial charge in [-0.1, -0.05) is 94.8 Å². The molecule has 0 spiro atoms. The Balaban J connectivity index is 0.000000500. The lowest BCUT2D eigenvalue weighted by Crippen LogP contribution is -2.75. The van der Waals surface area contributed by atoms with Gasteiger partial charge in [0, 0.05) is 23.3 Å². The second-order valence-corrected chi connectivity index (χ2v) is 16.6. The summed E-state index contributed by atoms with van der Waals surface area (Å²) in [6.45, 7) is 0.823. The van der Waals surface area contributed by atoms with Gasteiger partial charge in [-0.3, -0.25) is 4.79 Å². The zero-order chi connectivity index (χ0) is 56.0. The molecule has 0 bridgehead atoms. The minimum Gasteiger partial charge on any atom is -0.293 e. The van der Waals surface area contributed by atoms with Crippen LogP contribution in [-0.4, -0.2) is 17.3 Å². The number of rotatable bonds is 8. The van der Waals surface area contributed by atoms with Crippen LogP contribution in [0.25, 0.3) is 0 Å². The summed E-state index contributed by atoms with van der Waals surface area (Å²) in [5.41, 5.74) is -28.2. The van der Waals surface area contributed by atoms with E-state index in [1.54, 1.807) is 0 Å². The normalized spacial score (nSPS) is 13.4. The Morgan fingerprint density at radius 2 is 0.595 bits per heavy atom. The quantitative estimate of drug-likeness (QED) is 0.0489. The van der Waals surface area contributed by atoms with Crippen LogP contribution in [0.2, 0.25) is 0 Å². The van der Waals surface area contributed by atoms with Crippen molar-refractivity contribution in [3.63, 3.8) is 0 Å². The first-order valence-electron chi connectivity index (χ1n) is 20.0. The van der Waals surface area contributed by atoms with E-state index in [0.29, 0.717) is 5.33 Å². The van der Waals surface area contributed by atoms with Gasteiger partial charge in [0.15, 0.2) is 24.7 Å². The van der Waals surface area contributed by atoms with Crippen LogP contribution in [-0.2, 0) is 56.0 Å². The van der Waals surface area contributed by atoms with Gasteiger partial charge in [-0.25, -0.2) is 4.57 Å². The number of halogens is 25. The van der Waals surface area contributed by atoms with Gasteiger partial charge in [-0.2, -0.15) is 127 Å². The van der Waals surface area contributed by atoms with Crippen LogP contribution in [0.1, 0.15) is 60.4 Å². The predicted octanol–water partition coefficient (Wildman–Crippen LogP) is 13.8. The Morgan fingerprint density at radius 1 is 0.365 bits per heavy atom. The third kappa shape index (κ3) is 13.7. The van der Waals surface area contributed by atoms with Crippen LogP contribution < -0.4 is 26.4 Å². The first-order chi connectivity index (χ1) is 33.6. The monoisotopic (exact) mass is 1150 g/mol. The second kappa shape index (κ2) is 20.5. The zero-order valence-electron chi connectivity index (χ0n) is 35.9. The van der Waals surface area contributed by atoms with Crippen LogP contribution in [0.4, 0.5) is 105 Å². The average molecular weight is 1150 g/mol. The summed E-state index contributed by atoms with van der Waals surface area (Å²) in [5, 5.41) is 0.371. The van der Waals surface area contributed by atoms with Crippen LogP contribution in [0.15, 0.2) is 128 Å². The molecule has 5 aromatic carbocycles. The summed E-state index contributed by atoms with van der Waals surface area (Å²) in [7, 11) is 0. The van der Waals surface area contributed by atoms with Gasteiger partial charge in [0.2, 0.25) is 0 Å². The second-order valence-electron chi connectivity index (χ2n) is 16.0. The van der Waals surface area contributed by atoms with Crippen LogP contribution in [0.3, 0.4) is 0 Å². The lowest BCUT2D eigenvalue weighted by molar-refractivity contribution is -0.688. The van der Waals surface area contributed by atoms with Crippen molar-refractivity contribution in [2.75, 3.05) is 5.33 Å². The van der Waals surface area contributed by atoms with E-state index in [4.69, 9.17) is 0 Å². The molecule has 6 aromatic rings. The lowest BCUT2D eigenvalue weighted by atomic mass is 9.12. The van der Waals surface area contributed by atoms with Gasteiger partial charge in [0.05, 0.1) is 49.8 Å². The third-order valence-corrected chi connectivity index (χ3v) is 11.5. The topological polar surface area (TPSA) is 20.9 Å². The number of carbonyl (C=O) groups excluding carboxylic acids is 1. The number of Topliss-reactive ketones (excluding diaryl/α,β-unsaturated/α-hetero) is 1. The Labute approximate surface area is 408 Å². The first kappa shape index (κ1) is 58.7. The van der Waals surface area contributed by atoms with Gasteiger partial charge in [0.25, 0.3) is 0 Å². The highest BCUT2D eigenvalue weighted by Gasteiger charge is 2.47. The predicted molar refractivity (Wildman–Crippen MR) is 220 cm³/mol. The molecule has 0 fully saturated rings. The van der Waals surface area contributed by atoms with E-state index in [2.05, 4.69) is 32.6 Å². The highest BCUT2D eigenvalue weighted by Crippen LogP contribution is 2.41. The van der Waals surface area contributed by atoms with Crippen molar-refractivity contribution in [3.05, 3.63) is 183 Å². The van der Waals surface area contributed by atoms with Gasteiger partial charge < -0.3 is 0 Å². The van der Waals surface area contributed by atoms with Crippen LogP contribution >= 0.6 is 15.9 Å². The maximum Gasteiger partial charge on any atom is 0.416 e. The number of pyridine rings is 1. The molecule has 28 heteroatoms. The van der Waals surface area contributed by atoms with Gasteiger partial charge in [-0.05, 0) is 24.3 Å². The van der Waals surface area contributed by atoms with E-state index in [-0.39, 0.29) is 5.78 Å². The van der Waals surface area contributed by atoms with E-state index in [9.17, 15) is 110 Å². The Bertz CT molecular complexity index is 2530. The highest BCUT2D eigenvalue weighted by atomic mass is 79.9. The zero-order valence-corrected chi connectivity index (χ0v) is 37.5. The number of aromatic nitrogens is 1. The summed E-state index contributed by atoms with van der Waals surface area (Å²) < 4.78 is 343. The summed E-state index contributed by atoms with van der Waals surface area (Å²) in [6.07, 6.45) is -50.9. The number of ketones is 1. The Morgan fingerprint density at radius 3 is 0.797 bits per heavy atom. The molecule has 0 amide bonds. The smallest absolute Gasteiger partial charge is 0.293 e. The molecule has 1 heterocycles. The molecule has 74 heavy (non-hydrogen) atoms. The summed E-state index contributed by atoms with van der Waals surface area (Å²) in [5.74, 6) is 0.108. The Kier molecular flexibility index (Phi) is 16.2. The summed E-state index contributed by atoms with van der Waals surface area (Å²) in [6, 6.07) is 5.13. The van der Waals surface area contributed by atoms with E-state index in [0.717, 1.165) is 12.1 Å². The van der Waals surface area contributed by atoms with Gasteiger partial charge in [-0.15, -0.1) is 0 Å². The molecule has 0 N–H and O–H groups in total. The highest BCUT2D eigenvalue weighted by molar-refractivity contribution is 9.09. The lowest BCUT2D eigenvalue weighted by Gasteiger charge is -2.46. The fourth-order valence-corrected chi connectivity index (χ4v) is 8.01. The molecular weight excluding hydrogens is 1130 g/mol. The fourth-order valence-electron chi connectivity index (χ4n) is 7.69. The standard InChI is InChI=1S/C32H12BF24.C14H13BrNO/c34-25(35,36)13-1-14(26(37,38)39)6-21(5-13)33(22-7-15(27(40,41)42)2-16(8-22)28(43,44)45,23-9-17(29(46,47)48)3-18(10-23)30(49,50)51)24-11-19(31(52,53)54)4-20(12-24)32(55,56)57;15-10-14(17)13-6-8-16(9-7-13)11-12-4-2-1-3-5-12/h1-12H;1-9H,10-11H2/q-1;+1. The number of hydrogen-bond acceptors (Lipinski definition) is 1. The molecule has 1 aromatic heterocycles. The molecule has 0 unspecified atom stereocenters. The molecule has 398 valence electrons. The van der Waals surface area contributed by atoms with E-state index in [1.165, 1.54) is 5.56 Å². The molecular formula is C46H25BBrF24NO. The van der Waals surface area contributed by atoms with E-state index in [1.807, 2.05) is 42.7 Å². The summed E-state index contributed by atoms with van der Waals surface area (Å²) in [4.78, 5) is 11.4. The molecule has 0 aliphatic carbocycles. The molecule has 2 nitrogen and oxygen atoms in total. The van der Waals surface area contributed by atoms with Crippen molar-refractivity contribution in [3.8, 4) is 0 Å². The molecule has 0 radical (unpaired) electrons. The minimum atomic E-state index is -6.13. The third-order valence-electron chi connectivity index (χ3n) is 11.0. The van der Waals surface area contributed by atoms with Crippen molar-refractivity contribution < 1.29 is 115 Å². The van der Waals surface area contributed by atoms with Crippen LogP contribution in [0, 0.1) is 0 Å². The summed E-state index contributed by atoms with van der Waals surface area (Å²) >= 11 is 3.17. The molecule has 0 aliphatic rings. The molecule has 0 atom stereocenters. The van der Waals surface area contributed by atoms with Crippen molar-refractivity contribution in [1.82, 2.24) is 0 Å². The maximum absolute atomic E-state index is 14.2. The Hall–Kier alpha value is -6.22. The van der Waals surface area contributed by atoms with Crippen molar-refractivity contribution >= 4 is 49.7 Å². The molecule has 6 rings (SSSR count). The van der Waals surface area contributed by atoms with Gasteiger partial charge in [0.1, 0.15) is 6.15 Å². The molecule has 0 saturated heterocycles. The number of carbonyl (C=O) groups is 1. The first-order valence-corrected chi connectivity index (χ1v) is 21.2. The number of nitrogens with zero attached hydrogens (tertiary/aromatic N) is 1. The molecule has 0 aliphatic heterocycles. The SMILES string of the molecule is FC(F)(F)c1cc([B-](c2cc(C(F)(F)F)cc(C(F)(F)F)c2)(c2cc(C(F)(F)F)cc(C(F)(F)F)c2)c2cc(C(F)(F)F)cc(C(F)(F)F)c2)cc(C(F)(F)F)c1.O=C(CBr)c1cc[n+](Cc2ccccc2)cc1. The van der Waals surface area contributed by atoms with E-state index < -0.39 is 195 Å². The minimum absolute atomic E-state index is 0.108. The number of alkyl halides is 25. The average Bonchev–Trinajstić information content (AvgIpc) is 3.27.